The minimum absolute atomic E-state index is 0.0472. The molecule has 0 unspecified atom stereocenters. The molecule has 2 atom stereocenters. The van der Waals surface area contributed by atoms with Gasteiger partial charge in [0.2, 0.25) is 0 Å². The third-order valence-electron chi connectivity index (χ3n) is 6.00. The fourth-order valence-electron chi connectivity index (χ4n) is 3.20. The van der Waals surface area contributed by atoms with Crippen LogP contribution in [0.4, 0.5) is 4.79 Å². The summed E-state index contributed by atoms with van der Waals surface area (Å²) in [6.45, 7) is 11.7. The van der Waals surface area contributed by atoms with Crippen molar-refractivity contribution >= 4 is 20.4 Å². The summed E-state index contributed by atoms with van der Waals surface area (Å²) >= 11 is 0. The van der Waals surface area contributed by atoms with Gasteiger partial charge in [0.25, 0.3) is 0 Å². The van der Waals surface area contributed by atoms with Gasteiger partial charge in [-0.25, -0.2) is 4.79 Å². The molecule has 162 valence electrons. The molecule has 0 radical (unpaired) electrons. The molecule has 0 saturated carbocycles. The van der Waals surface area contributed by atoms with Gasteiger partial charge in [-0.15, -0.1) is 0 Å². The van der Waals surface area contributed by atoms with E-state index in [2.05, 4.69) is 33.9 Å². The summed E-state index contributed by atoms with van der Waals surface area (Å²) in [6.07, 6.45) is 1.22. The highest BCUT2D eigenvalue weighted by atomic mass is 28.4. The van der Waals surface area contributed by atoms with Crippen molar-refractivity contribution in [2.45, 2.75) is 76.9 Å². The second-order valence-corrected chi connectivity index (χ2v) is 14.0. The number of ether oxygens (including phenoxy) is 2. The van der Waals surface area contributed by atoms with Crippen LogP contribution in [0.5, 0.6) is 0 Å². The van der Waals surface area contributed by atoms with Crippen molar-refractivity contribution in [3.63, 3.8) is 0 Å². The van der Waals surface area contributed by atoms with Crippen LogP contribution in [-0.2, 0) is 25.3 Å². The molecule has 0 aromatic heterocycles. The van der Waals surface area contributed by atoms with E-state index in [1.54, 1.807) is 4.90 Å². The number of methoxy groups -OCH3 is 1. The zero-order chi connectivity index (χ0) is 21.7. The summed E-state index contributed by atoms with van der Waals surface area (Å²) in [5.41, 5.74) is 0.927. The first-order valence-electron chi connectivity index (χ1n) is 10.3. The van der Waals surface area contributed by atoms with E-state index in [0.717, 1.165) is 12.0 Å². The monoisotopic (exact) mass is 421 g/mol. The summed E-state index contributed by atoms with van der Waals surface area (Å²) in [4.78, 5) is 26.4. The molecule has 1 fully saturated rings. The maximum absolute atomic E-state index is 12.9. The zero-order valence-corrected chi connectivity index (χ0v) is 19.6. The molecule has 2 rings (SSSR count). The van der Waals surface area contributed by atoms with Crippen molar-refractivity contribution in [2.24, 2.45) is 0 Å². The van der Waals surface area contributed by atoms with Crippen molar-refractivity contribution in [1.82, 2.24) is 4.90 Å². The number of benzene rings is 1. The number of esters is 1. The van der Waals surface area contributed by atoms with Crippen LogP contribution >= 0.6 is 0 Å². The van der Waals surface area contributed by atoms with Gasteiger partial charge in [-0.05, 0) is 36.5 Å². The van der Waals surface area contributed by atoms with Crippen molar-refractivity contribution in [1.29, 1.82) is 0 Å². The largest absolute Gasteiger partial charge is 0.469 e. The Kier molecular flexibility index (Phi) is 7.88. The van der Waals surface area contributed by atoms with Gasteiger partial charge in [0.15, 0.2) is 8.32 Å². The van der Waals surface area contributed by atoms with E-state index >= 15 is 0 Å². The van der Waals surface area contributed by atoms with Crippen molar-refractivity contribution in [2.75, 3.05) is 13.7 Å². The van der Waals surface area contributed by atoms with Gasteiger partial charge in [-0.1, -0.05) is 51.1 Å². The van der Waals surface area contributed by atoms with Crippen LogP contribution in [0.3, 0.4) is 0 Å². The van der Waals surface area contributed by atoms with Crippen LogP contribution in [0.15, 0.2) is 30.3 Å². The number of carbonyl (C=O) groups is 2. The second-order valence-electron chi connectivity index (χ2n) is 9.20. The van der Waals surface area contributed by atoms with Crippen LogP contribution in [0.2, 0.25) is 18.1 Å². The van der Waals surface area contributed by atoms with Gasteiger partial charge >= 0.3 is 12.1 Å². The number of hydrogen-bond donors (Lipinski definition) is 0. The van der Waals surface area contributed by atoms with E-state index in [-0.39, 0.29) is 36.2 Å². The molecule has 0 aliphatic carbocycles. The van der Waals surface area contributed by atoms with Crippen LogP contribution in [0, 0.1) is 0 Å². The Hall–Kier alpha value is -1.86. The molecule has 29 heavy (non-hydrogen) atoms. The van der Waals surface area contributed by atoms with E-state index in [4.69, 9.17) is 13.9 Å². The summed E-state index contributed by atoms with van der Waals surface area (Å²) in [6, 6.07) is 9.34. The lowest BCUT2D eigenvalue weighted by Gasteiger charge is -2.44. The van der Waals surface area contributed by atoms with Crippen LogP contribution in [0.1, 0.15) is 45.6 Å². The average molecular weight is 422 g/mol. The zero-order valence-electron chi connectivity index (χ0n) is 18.6. The minimum Gasteiger partial charge on any atom is -0.469 e. The molecule has 0 N–H and O–H groups in total. The summed E-state index contributed by atoms with van der Waals surface area (Å²) in [5.74, 6) is -0.320. The van der Waals surface area contributed by atoms with E-state index in [1.807, 2.05) is 30.3 Å². The predicted molar refractivity (Wildman–Crippen MR) is 115 cm³/mol. The number of carbonyl (C=O) groups excluding carboxylic acids is 2. The van der Waals surface area contributed by atoms with E-state index < -0.39 is 14.4 Å². The Morgan fingerprint density at radius 2 is 1.79 bits per heavy atom. The minimum atomic E-state index is -1.96. The Labute approximate surface area is 175 Å². The molecular weight excluding hydrogens is 386 g/mol. The van der Waals surface area contributed by atoms with Crippen LogP contribution < -0.4 is 0 Å². The fraction of sp³-hybridized carbons (Fsp3) is 0.636. The third kappa shape index (κ3) is 6.57. The van der Waals surface area contributed by atoms with Gasteiger partial charge in [0.1, 0.15) is 6.61 Å². The van der Waals surface area contributed by atoms with Gasteiger partial charge in [0, 0.05) is 12.6 Å². The number of likely N-dealkylation sites (tertiary alicyclic amines) is 1. The average Bonchev–Trinajstić information content (AvgIpc) is 2.66. The molecule has 1 amide bonds. The standard InChI is InChI=1S/C22H35NO5Si/c1-22(2,3)29(5,6)28-19-13-12-18(14-20(24)26-4)23(15-19)21(25)27-16-17-10-8-7-9-11-17/h7-11,18-19H,12-16H2,1-6H3/t18-,19-/m1/s1. The number of piperidine rings is 1. The molecule has 1 aliphatic rings. The lowest BCUT2D eigenvalue weighted by molar-refractivity contribution is -0.142. The molecule has 6 nitrogen and oxygen atoms in total. The summed E-state index contributed by atoms with van der Waals surface area (Å²) < 4.78 is 16.9. The molecule has 7 heteroatoms. The first-order chi connectivity index (χ1) is 13.5. The molecule has 0 bridgehead atoms. The highest BCUT2D eigenvalue weighted by Crippen LogP contribution is 2.38. The third-order valence-corrected chi connectivity index (χ3v) is 10.5. The molecule has 1 aromatic carbocycles. The quantitative estimate of drug-likeness (QED) is 0.490. The number of amides is 1. The van der Waals surface area contributed by atoms with Gasteiger partial charge in [-0.3, -0.25) is 4.79 Å². The second kappa shape index (κ2) is 9.76. The Balaban J connectivity index is 2.08. The lowest BCUT2D eigenvalue weighted by atomic mass is 9.98. The van der Waals surface area contributed by atoms with Crippen molar-refractivity contribution < 1.29 is 23.5 Å². The highest BCUT2D eigenvalue weighted by molar-refractivity contribution is 6.74. The Morgan fingerprint density at radius 1 is 1.14 bits per heavy atom. The molecular formula is C22H35NO5Si. The first kappa shape index (κ1) is 23.4. The van der Waals surface area contributed by atoms with Crippen LogP contribution in [0.25, 0.3) is 0 Å². The molecule has 1 aromatic rings. The maximum atomic E-state index is 12.9. The first-order valence-corrected chi connectivity index (χ1v) is 13.2. The van der Waals surface area contributed by atoms with E-state index in [0.29, 0.717) is 13.0 Å². The topological polar surface area (TPSA) is 65.1 Å². The fourth-order valence-corrected chi connectivity index (χ4v) is 4.58. The van der Waals surface area contributed by atoms with Crippen LogP contribution in [-0.4, -0.2) is 51.1 Å². The summed E-state index contributed by atoms with van der Waals surface area (Å²) in [7, 11) is -0.591. The van der Waals surface area contributed by atoms with Gasteiger partial charge < -0.3 is 18.8 Å². The highest BCUT2D eigenvalue weighted by Gasteiger charge is 2.42. The number of hydrogen-bond acceptors (Lipinski definition) is 5. The molecule has 1 aliphatic heterocycles. The number of rotatable bonds is 6. The smallest absolute Gasteiger partial charge is 0.410 e. The predicted octanol–water partition coefficient (Wildman–Crippen LogP) is 4.74. The number of nitrogens with zero attached hydrogens (tertiary/aromatic N) is 1. The van der Waals surface area contributed by atoms with Crippen molar-refractivity contribution in [3.05, 3.63) is 35.9 Å². The van der Waals surface area contributed by atoms with Gasteiger partial charge in [0.05, 0.1) is 19.6 Å². The maximum Gasteiger partial charge on any atom is 0.410 e. The van der Waals surface area contributed by atoms with E-state index in [9.17, 15) is 9.59 Å². The van der Waals surface area contributed by atoms with Gasteiger partial charge in [-0.2, -0.15) is 0 Å². The SMILES string of the molecule is COC(=O)C[C@H]1CC[C@@H](O[Si](C)(C)C(C)(C)C)CN1C(=O)OCc1ccccc1. The Bertz CT molecular complexity index is 686. The van der Waals surface area contributed by atoms with Crippen molar-refractivity contribution in [3.8, 4) is 0 Å². The van der Waals surface area contributed by atoms with E-state index in [1.165, 1.54) is 7.11 Å². The molecule has 1 heterocycles. The Morgan fingerprint density at radius 3 is 2.38 bits per heavy atom. The lowest BCUT2D eigenvalue weighted by Crippen LogP contribution is -2.54. The summed E-state index contributed by atoms with van der Waals surface area (Å²) in [5, 5.41) is 0.0918. The molecule has 0 spiro atoms. The molecule has 1 saturated heterocycles. The normalized spacial score (nSPS) is 20.3.